The molecule has 1 N–H and O–H groups in total. The number of anilines is 1. The molecule has 0 fully saturated rings. The summed E-state index contributed by atoms with van der Waals surface area (Å²) in [7, 11) is 0. The zero-order valence-electron chi connectivity index (χ0n) is 10.3. The molecular formula is C15H12N2OS. The Kier molecular flexibility index (Phi) is 3.88. The molecule has 0 radical (unpaired) electrons. The van der Waals surface area contributed by atoms with Crippen LogP contribution in [0.1, 0.15) is 21.5 Å². The second-order valence-corrected chi connectivity index (χ2v) is 4.66. The van der Waals surface area contributed by atoms with E-state index in [1.54, 1.807) is 36.4 Å². The number of hydrogen-bond donors (Lipinski definition) is 2. The standard InChI is InChI=1S/C15H12N2OS/c1-10-5-6-11(9-16)7-14(10)17-15(18)12-3-2-4-13(19)8-12/h2-8,19H,1H3,(H,17,18). The molecule has 0 aromatic heterocycles. The number of nitriles is 1. The van der Waals surface area contributed by atoms with E-state index in [-0.39, 0.29) is 5.91 Å². The largest absolute Gasteiger partial charge is 0.322 e. The molecule has 0 bridgehead atoms. The summed E-state index contributed by atoms with van der Waals surface area (Å²) in [5.41, 5.74) is 2.61. The minimum absolute atomic E-state index is 0.214. The lowest BCUT2D eigenvalue weighted by Gasteiger charge is -2.09. The fraction of sp³-hybridized carbons (Fsp3) is 0.0667. The van der Waals surface area contributed by atoms with E-state index in [2.05, 4.69) is 24.0 Å². The highest BCUT2D eigenvalue weighted by Crippen LogP contribution is 2.18. The second-order valence-electron chi connectivity index (χ2n) is 4.15. The molecule has 0 aliphatic carbocycles. The second kappa shape index (κ2) is 5.59. The maximum absolute atomic E-state index is 12.1. The smallest absolute Gasteiger partial charge is 0.255 e. The summed E-state index contributed by atoms with van der Waals surface area (Å²) in [6.07, 6.45) is 0. The van der Waals surface area contributed by atoms with Crippen molar-refractivity contribution in [3.8, 4) is 6.07 Å². The third-order valence-electron chi connectivity index (χ3n) is 2.72. The van der Waals surface area contributed by atoms with E-state index in [0.717, 1.165) is 10.5 Å². The third kappa shape index (κ3) is 3.15. The van der Waals surface area contributed by atoms with Gasteiger partial charge in [-0.05, 0) is 42.8 Å². The van der Waals surface area contributed by atoms with Gasteiger partial charge in [-0.1, -0.05) is 12.1 Å². The van der Waals surface area contributed by atoms with E-state index in [1.165, 1.54) is 0 Å². The number of carbonyl (C=O) groups excluding carboxylic acids is 1. The highest BCUT2D eigenvalue weighted by molar-refractivity contribution is 7.80. The molecule has 0 atom stereocenters. The van der Waals surface area contributed by atoms with Gasteiger partial charge in [-0.15, -0.1) is 12.6 Å². The first kappa shape index (κ1) is 13.2. The lowest BCUT2D eigenvalue weighted by Crippen LogP contribution is -2.12. The molecule has 0 unspecified atom stereocenters. The minimum Gasteiger partial charge on any atom is -0.322 e. The van der Waals surface area contributed by atoms with Gasteiger partial charge in [0.15, 0.2) is 0 Å². The quantitative estimate of drug-likeness (QED) is 0.820. The maximum atomic E-state index is 12.1. The number of aryl methyl sites for hydroxylation is 1. The van der Waals surface area contributed by atoms with Gasteiger partial charge in [0.25, 0.3) is 5.91 Å². The highest BCUT2D eigenvalue weighted by Gasteiger charge is 2.08. The first-order valence-corrected chi connectivity index (χ1v) is 6.16. The highest BCUT2D eigenvalue weighted by atomic mass is 32.1. The summed E-state index contributed by atoms with van der Waals surface area (Å²) >= 11 is 4.20. The van der Waals surface area contributed by atoms with Gasteiger partial charge in [-0.3, -0.25) is 4.79 Å². The van der Waals surface area contributed by atoms with Gasteiger partial charge in [0.05, 0.1) is 11.6 Å². The molecule has 2 aromatic carbocycles. The first-order valence-electron chi connectivity index (χ1n) is 5.71. The topological polar surface area (TPSA) is 52.9 Å². The van der Waals surface area contributed by atoms with Crippen LogP contribution in [0.25, 0.3) is 0 Å². The summed E-state index contributed by atoms with van der Waals surface area (Å²) in [5.74, 6) is -0.214. The summed E-state index contributed by atoms with van der Waals surface area (Å²) in [6.45, 7) is 1.88. The lowest BCUT2D eigenvalue weighted by atomic mass is 10.1. The normalized spacial score (nSPS) is 9.74. The van der Waals surface area contributed by atoms with Crippen LogP contribution in [0, 0.1) is 18.3 Å². The molecule has 3 nitrogen and oxygen atoms in total. The van der Waals surface area contributed by atoms with Crippen molar-refractivity contribution < 1.29 is 4.79 Å². The van der Waals surface area contributed by atoms with Crippen LogP contribution in [0.3, 0.4) is 0 Å². The van der Waals surface area contributed by atoms with Crippen molar-refractivity contribution in [1.29, 1.82) is 5.26 Å². The number of nitrogens with zero attached hydrogens (tertiary/aromatic N) is 1. The van der Waals surface area contributed by atoms with Crippen molar-refractivity contribution in [3.05, 3.63) is 59.2 Å². The maximum Gasteiger partial charge on any atom is 0.255 e. The fourth-order valence-electron chi connectivity index (χ4n) is 1.67. The molecule has 94 valence electrons. The minimum atomic E-state index is -0.214. The number of hydrogen-bond acceptors (Lipinski definition) is 3. The number of nitrogens with one attached hydrogen (secondary N) is 1. The number of carbonyl (C=O) groups is 1. The summed E-state index contributed by atoms with van der Waals surface area (Å²) in [4.78, 5) is 12.8. The van der Waals surface area contributed by atoms with E-state index in [0.29, 0.717) is 16.8 Å². The van der Waals surface area contributed by atoms with Crippen LogP contribution in [0.2, 0.25) is 0 Å². The Hall–Kier alpha value is -2.25. The lowest BCUT2D eigenvalue weighted by molar-refractivity contribution is 0.102. The van der Waals surface area contributed by atoms with Crippen molar-refractivity contribution in [2.75, 3.05) is 5.32 Å². The van der Waals surface area contributed by atoms with Gasteiger partial charge < -0.3 is 5.32 Å². The van der Waals surface area contributed by atoms with E-state index in [4.69, 9.17) is 5.26 Å². The Bertz CT molecular complexity index is 674. The van der Waals surface area contributed by atoms with E-state index in [9.17, 15) is 4.79 Å². The molecule has 0 aliphatic heterocycles. The molecule has 1 amide bonds. The van der Waals surface area contributed by atoms with Gasteiger partial charge in [-0.2, -0.15) is 5.26 Å². The van der Waals surface area contributed by atoms with Crippen molar-refractivity contribution in [2.45, 2.75) is 11.8 Å². The zero-order valence-corrected chi connectivity index (χ0v) is 11.2. The van der Waals surface area contributed by atoms with E-state index in [1.807, 2.05) is 13.0 Å². The van der Waals surface area contributed by atoms with Crippen molar-refractivity contribution in [2.24, 2.45) is 0 Å². The predicted molar refractivity (Wildman–Crippen MR) is 77.5 cm³/mol. The molecule has 0 saturated heterocycles. The van der Waals surface area contributed by atoms with Crippen LogP contribution >= 0.6 is 12.6 Å². The van der Waals surface area contributed by atoms with Gasteiger partial charge in [0.2, 0.25) is 0 Å². The Morgan fingerprint density at radius 2 is 2.05 bits per heavy atom. The molecule has 0 heterocycles. The molecule has 0 aliphatic rings. The molecular weight excluding hydrogens is 256 g/mol. The van der Waals surface area contributed by atoms with E-state index < -0.39 is 0 Å². The Balaban J connectivity index is 2.27. The van der Waals surface area contributed by atoms with Crippen LogP contribution in [0.5, 0.6) is 0 Å². The summed E-state index contributed by atoms with van der Waals surface area (Å²) in [6, 6.07) is 14.2. The molecule has 0 saturated carbocycles. The fourth-order valence-corrected chi connectivity index (χ4v) is 1.89. The summed E-state index contributed by atoms with van der Waals surface area (Å²) in [5, 5.41) is 11.7. The Labute approximate surface area is 117 Å². The number of amides is 1. The van der Waals surface area contributed by atoms with Crippen LogP contribution in [-0.2, 0) is 0 Å². The molecule has 2 aromatic rings. The monoisotopic (exact) mass is 268 g/mol. The predicted octanol–water partition coefficient (Wildman–Crippen LogP) is 3.41. The Morgan fingerprint density at radius 3 is 2.74 bits per heavy atom. The average molecular weight is 268 g/mol. The van der Waals surface area contributed by atoms with Crippen LogP contribution in [0.4, 0.5) is 5.69 Å². The molecule has 2 rings (SSSR count). The van der Waals surface area contributed by atoms with Gasteiger partial charge in [0.1, 0.15) is 0 Å². The molecule has 19 heavy (non-hydrogen) atoms. The SMILES string of the molecule is Cc1ccc(C#N)cc1NC(=O)c1cccc(S)c1. The van der Waals surface area contributed by atoms with Crippen LogP contribution < -0.4 is 5.32 Å². The van der Waals surface area contributed by atoms with Gasteiger partial charge >= 0.3 is 0 Å². The van der Waals surface area contributed by atoms with Crippen LogP contribution in [-0.4, -0.2) is 5.91 Å². The average Bonchev–Trinajstić information content (AvgIpc) is 2.41. The first-order chi connectivity index (χ1) is 9.10. The summed E-state index contributed by atoms with van der Waals surface area (Å²) < 4.78 is 0. The number of rotatable bonds is 2. The van der Waals surface area contributed by atoms with Crippen molar-refractivity contribution in [3.63, 3.8) is 0 Å². The van der Waals surface area contributed by atoms with Gasteiger partial charge in [-0.25, -0.2) is 0 Å². The zero-order chi connectivity index (χ0) is 13.8. The Morgan fingerprint density at radius 1 is 1.26 bits per heavy atom. The van der Waals surface area contributed by atoms with Gasteiger partial charge in [0, 0.05) is 16.1 Å². The third-order valence-corrected chi connectivity index (χ3v) is 3.00. The number of benzene rings is 2. The number of thiol groups is 1. The molecule has 0 spiro atoms. The van der Waals surface area contributed by atoms with Crippen molar-refractivity contribution in [1.82, 2.24) is 0 Å². The molecule has 4 heteroatoms. The van der Waals surface area contributed by atoms with Crippen LogP contribution in [0.15, 0.2) is 47.4 Å². The van der Waals surface area contributed by atoms with Crippen molar-refractivity contribution >= 4 is 24.2 Å². The van der Waals surface area contributed by atoms with E-state index >= 15 is 0 Å².